The minimum atomic E-state index is -0.846. The lowest BCUT2D eigenvalue weighted by Crippen LogP contribution is -2.27. The minimum absolute atomic E-state index is 0.150. The van der Waals surface area contributed by atoms with Gasteiger partial charge in [0.15, 0.2) is 0 Å². The number of nitrogens with one attached hydrogen (secondary N) is 2. The van der Waals surface area contributed by atoms with Crippen molar-refractivity contribution >= 4 is 17.5 Å². The summed E-state index contributed by atoms with van der Waals surface area (Å²) in [6, 6.07) is 17.8. The zero-order valence-corrected chi connectivity index (χ0v) is 14.5. The van der Waals surface area contributed by atoms with Gasteiger partial charge in [0.05, 0.1) is 5.92 Å². The van der Waals surface area contributed by atoms with E-state index < -0.39 is 29.4 Å². The molecule has 0 heterocycles. The molecule has 142 valence electrons. The average molecular weight is 382 g/mol. The van der Waals surface area contributed by atoms with E-state index in [0.29, 0.717) is 22.9 Å². The summed E-state index contributed by atoms with van der Waals surface area (Å²) < 4.78 is 26.5. The van der Waals surface area contributed by atoms with Crippen molar-refractivity contribution < 1.29 is 23.6 Å². The Hall–Kier alpha value is -3.58. The van der Waals surface area contributed by atoms with E-state index in [9.17, 15) is 18.4 Å². The summed E-state index contributed by atoms with van der Waals surface area (Å²) in [5, 5.41) is 11.6. The zero-order chi connectivity index (χ0) is 20.1. The van der Waals surface area contributed by atoms with Crippen molar-refractivity contribution in [3.8, 4) is 0 Å². The van der Waals surface area contributed by atoms with Crippen LogP contribution in [-0.2, 0) is 4.79 Å². The maximum Gasteiger partial charge on any atom is 0.255 e. The molecule has 2 amide bonds. The smallest absolute Gasteiger partial charge is 0.255 e. The summed E-state index contributed by atoms with van der Waals surface area (Å²) in [5.41, 5.74) is 3.17. The first-order chi connectivity index (χ1) is 13.5. The van der Waals surface area contributed by atoms with Crippen LogP contribution in [0.15, 0.2) is 72.8 Å². The first-order valence-electron chi connectivity index (χ1n) is 8.34. The van der Waals surface area contributed by atoms with Crippen LogP contribution in [0.1, 0.15) is 27.4 Å². The molecule has 0 aromatic heterocycles. The van der Waals surface area contributed by atoms with E-state index in [1.54, 1.807) is 54.0 Å². The molecule has 3 aromatic rings. The number of halogens is 2. The van der Waals surface area contributed by atoms with Crippen LogP contribution in [0.3, 0.4) is 0 Å². The summed E-state index contributed by atoms with van der Waals surface area (Å²) in [6.45, 7) is 0. The van der Waals surface area contributed by atoms with E-state index in [1.165, 1.54) is 0 Å². The Morgan fingerprint density at radius 1 is 0.821 bits per heavy atom. The number of benzene rings is 3. The Morgan fingerprint density at radius 2 is 1.39 bits per heavy atom. The van der Waals surface area contributed by atoms with Crippen LogP contribution in [0.4, 0.5) is 14.5 Å². The van der Waals surface area contributed by atoms with Crippen molar-refractivity contribution in [1.82, 2.24) is 5.48 Å². The van der Waals surface area contributed by atoms with E-state index in [-0.39, 0.29) is 5.56 Å². The molecule has 0 spiro atoms. The summed E-state index contributed by atoms with van der Waals surface area (Å²) in [5.74, 6) is -3.70. The maximum atomic E-state index is 13.3. The number of amides is 2. The molecule has 0 radical (unpaired) electrons. The summed E-state index contributed by atoms with van der Waals surface area (Å²) in [6.07, 6.45) is 0. The average Bonchev–Trinajstić information content (AvgIpc) is 2.69. The molecule has 0 aliphatic rings. The SMILES string of the molecule is O=C(Nc1ccc(C(C(=O)NO)c2ccccc2)cc1)c1cc(F)cc(F)c1. The third kappa shape index (κ3) is 4.39. The second kappa shape index (κ2) is 8.41. The van der Waals surface area contributed by atoms with Gasteiger partial charge in [0.25, 0.3) is 11.8 Å². The van der Waals surface area contributed by atoms with E-state index in [4.69, 9.17) is 5.21 Å². The summed E-state index contributed by atoms with van der Waals surface area (Å²) in [7, 11) is 0. The van der Waals surface area contributed by atoms with Crippen molar-refractivity contribution in [3.05, 3.63) is 101 Å². The van der Waals surface area contributed by atoms with Gasteiger partial charge in [-0.2, -0.15) is 0 Å². The molecule has 1 atom stereocenters. The fourth-order valence-electron chi connectivity index (χ4n) is 2.85. The quantitative estimate of drug-likeness (QED) is 0.463. The van der Waals surface area contributed by atoms with Crippen LogP contribution in [0.2, 0.25) is 0 Å². The molecule has 0 aliphatic carbocycles. The number of carbonyl (C=O) groups excluding carboxylic acids is 2. The van der Waals surface area contributed by atoms with Gasteiger partial charge >= 0.3 is 0 Å². The molecular formula is C21H16F2N2O3. The van der Waals surface area contributed by atoms with Gasteiger partial charge in [-0.3, -0.25) is 14.8 Å². The Bertz CT molecular complexity index is 972. The third-order valence-electron chi connectivity index (χ3n) is 4.13. The number of rotatable bonds is 5. The highest BCUT2D eigenvalue weighted by atomic mass is 19.1. The van der Waals surface area contributed by atoms with Gasteiger partial charge in [-0.25, -0.2) is 14.3 Å². The van der Waals surface area contributed by atoms with Gasteiger partial charge in [0.1, 0.15) is 11.6 Å². The summed E-state index contributed by atoms with van der Waals surface area (Å²) >= 11 is 0. The van der Waals surface area contributed by atoms with E-state index >= 15 is 0 Å². The van der Waals surface area contributed by atoms with E-state index in [1.807, 2.05) is 6.07 Å². The van der Waals surface area contributed by atoms with Crippen LogP contribution in [0.25, 0.3) is 0 Å². The Balaban J connectivity index is 1.82. The number of anilines is 1. The van der Waals surface area contributed by atoms with Crippen LogP contribution in [0, 0.1) is 11.6 Å². The molecule has 0 bridgehead atoms. The molecular weight excluding hydrogens is 366 g/mol. The van der Waals surface area contributed by atoms with E-state index in [0.717, 1.165) is 12.1 Å². The Morgan fingerprint density at radius 3 is 1.96 bits per heavy atom. The molecule has 3 aromatic carbocycles. The van der Waals surface area contributed by atoms with Crippen molar-refractivity contribution in [2.45, 2.75) is 5.92 Å². The van der Waals surface area contributed by atoms with Crippen LogP contribution in [0.5, 0.6) is 0 Å². The monoisotopic (exact) mass is 382 g/mol. The van der Waals surface area contributed by atoms with Gasteiger partial charge in [-0.05, 0) is 35.4 Å². The molecule has 0 aliphatic heterocycles. The van der Waals surface area contributed by atoms with Gasteiger partial charge in [-0.15, -0.1) is 0 Å². The maximum absolute atomic E-state index is 13.3. The van der Waals surface area contributed by atoms with Crippen LogP contribution >= 0.6 is 0 Å². The molecule has 0 saturated heterocycles. The highest BCUT2D eigenvalue weighted by Gasteiger charge is 2.22. The number of hydroxylamine groups is 1. The summed E-state index contributed by atoms with van der Waals surface area (Å²) in [4.78, 5) is 24.3. The second-order valence-corrected chi connectivity index (χ2v) is 6.05. The minimum Gasteiger partial charge on any atom is -0.322 e. The predicted molar refractivity (Wildman–Crippen MR) is 99.0 cm³/mol. The van der Waals surface area contributed by atoms with Crippen molar-refractivity contribution in [1.29, 1.82) is 0 Å². The largest absolute Gasteiger partial charge is 0.322 e. The van der Waals surface area contributed by atoms with E-state index in [2.05, 4.69) is 5.32 Å². The molecule has 5 nitrogen and oxygen atoms in total. The van der Waals surface area contributed by atoms with Crippen molar-refractivity contribution in [3.63, 3.8) is 0 Å². The number of hydrogen-bond acceptors (Lipinski definition) is 3. The predicted octanol–water partition coefficient (Wildman–Crippen LogP) is 3.85. The number of hydrogen-bond donors (Lipinski definition) is 3. The molecule has 28 heavy (non-hydrogen) atoms. The second-order valence-electron chi connectivity index (χ2n) is 6.05. The normalized spacial score (nSPS) is 11.5. The lowest BCUT2D eigenvalue weighted by atomic mass is 9.90. The molecule has 3 rings (SSSR count). The van der Waals surface area contributed by atoms with Crippen LogP contribution < -0.4 is 10.8 Å². The fraction of sp³-hybridized carbons (Fsp3) is 0.0476. The molecule has 0 fully saturated rings. The highest BCUT2D eigenvalue weighted by Crippen LogP contribution is 2.26. The topological polar surface area (TPSA) is 78.4 Å². The number of carbonyl (C=O) groups is 2. The Labute approximate surface area is 159 Å². The van der Waals surface area contributed by atoms with Gasteiger partial charge in [-0.1, -0.05) is 42.5 Å². The first-order valence-corrected chi connectivity index (χ1v) is 8.34. The lowest BCUT2D eigenvalue weighted by Gasteiger charge is -2.16. The zero-order valence-electron chi connectivity index (χ0n) is 14.5. The molecule has 7 heteroatoms. The molecule has 1 unspecified atom stereocenters. The van der Waals surface area contributed by atoms with Crippen molar-refractivity contribution in [2.24, 2.45) is 0 Å². The molecule has 0 saturated carbocycles. The molecule has 3 N–H and O–H groups in total. The van der Waals surface area contributed by atoms with Gasteiger partial charge < -0.3 is 5.32 Å². The Kier molecular flexibility index (Phi) is 5.76. The third-order valence-corrected chi connectivity index (χ3v) is 4.13. The standard InChI is InChI=1S/C21H16F2N2O3/c22-16-10-15(11-17(23)12-16)20(26)24-18-8-6-14(7-9-18)19(21(27)25-28)13-4-2-1-3-5-13/h1-12,19,28H,(H,24,26)(H,25,27). The lowest BCUT2D eigenvalue weighted by molar-refractivity contribution is -0.129. The van der Waals surface area contributed by atoms with Crippen molar-refractivity contribution in [2.75, 3.05) is 5.32 Å². The first kappa shape index (κ1) is 19.2. The highest BCUT2D eigenvalue weighted by molar-refractivity contribution is 6.04. The fourth-order valence-corrected chi connectivity index (χ4v) is 2.85. The van der Waals surface area contributed by atoms with Gasteiger partial charge in [0.2, 0.25) is 0 Å². The van der Waals surface area contributed by atoms with Gasteiger partial charge in [0, 0.05) is 17.3 Å². The van der Waals surface area contributed by atoms with Crippen LogP contribution in [-0.4, -0.2) is 17.0 Å².